The van der Waals surface area contributed by atoms with Gasteiger partial charge >= 0.3 is 0 Å². The number of carbonyl (C=O) groups is 2. The fourth-order valence-electron chi connectivity index (χ4n) is 0.807. The van der Waals surface area contributed by atoms with Crippen molar-refractivity contribution >= 4 is 35.8 Å². The highest BCUT2D eigenvalue weighted by Gasteiger charge is 2.22. The molecule has 0 N–H and O–H groups in total. The monoisotopic (exact) mass is 202 g/mol. The summed E-state index contributed by atoms with van der Waals surface area (Å²) >= 11 is 11.3. The number of fused-ring (bicyclic) bond motifs is 1. The van der Waals surface area contributed by atoms with Gasteiger partial charge in [-0.05, 0) is 0 Å². The molecule has 0 saturated carbocycles. The molecule has 62 valence electrons. The first-order chi connectivity index (χ1) is 5.72. The molecule has 0 amide bonds. The molecule has 0 fully saturated rings. The molecule has 0 saturated heterocycles. The molecule has 0 unspecified atom stereocenters. The second kappa shape index (κ2) is 3.70. The molecular formula is C8H4Cl2O2. The zero-order chi connectivity index (χ0) is 9.14. The van der Waals surface area contributed by atoms with Gasteiger partial charge in [0.1, 0.15) is 0 Å². The van der Waals surface area contributed by atoms with E-state index >= 15 is 0 Å². The van der Waals surface area contributed by atoms with Crippen molar-refractivity contribution < 1.29 is 9.59 Å². The largest absolute Gasteiger partial charge is 0.295 e. The molecule has 0 aliphatic heterocycles. The Morgan fingerprint density at radius 2 is 1.25 bits per heavy atom. The minimum absolute atomic E-state index is 0.194. The average molecular weight is 203 g/mol. The van der Waals surface area contributed by atoms with E-state index in [-0.39, 0.29) is 12.6 Å². The lowest BCUT2D eigenvalue weighted by Crippen LogP contribution is -1.93. The molecule has 0 radical (unpaired) electrons. The number of aldehydes is 2. The Bertz CT molecular complexity index is 301. The molecule has 0 heterocycles. The van der Waals surface area contributed by atoms with Crippen LogP contribution < -0.4 is 0 Å². The van der Waals surface area contributed by atoms with E-state index in [1.54, 1.807) is 0 Å². The van der Waals surface area contributed by atoms with Crippen molar-refractivity contribution in [2.24, 2.45) is 0 Å². The van der Waals surface area contributed by atoms with Crippen molar-refractivity contribution in [1.29, 1.82) is 0 Å². The number of hydrogen-bond donors (Lipinski definition) is 0. The van der Waals surface area contributed by atoms with E-state index in [1.807, 2.05) is 12.1 Å². The van der Waals surface area contributed by atoms with Crippen LogP contribution in [0.25, 0.3) is 11.1 Å². The maximum atomic E-state index is 8.81. The Labute approximate surface area is 79.1 Å². The van der Waals surface area contributed by atoms with E-state index in [9.17, 15) is 0 Å². The van der Waals surface area contributed by atoms with E-state index in [0.717, 1.165) is 21.2 Å². The van der Waals surface area contributed by atoms with Crippen LogP contribution in [0.1, 0.15) is 0 Å². The number of benzene rings is 1. The van der Waals surface area contributed by atoms with Crippen LogP contribution in [-0.4, -0.2) is 12.6 Å². The minimum Gasteiger partial charge on any atom is -0.295 e. The third-order valence-corrected chi connectivity index (χ3v) is 2.31. The highest BCUT2D eigenvalue weighted by Crippen LogP contribution is 2.49. The lowest BCUT2D eigenvalue weighted by Gasteiger charge is -2.19. The lowest BCUT2D eigenvalue weighted by atomic mass is 9.94. The zero-order valence-corrected chi connectivity index (χ0v) is 7.39. The van der Waals surface area contributed by atoms with Gasteiger partial charge in [0.05, 0.1) is 10.0 Å². The van der Waals surface area contributed by atoms with Crippen molar-refractivity contribution in [1.82, 2.24) is 0 Å². The first-order valence-electron chi connectivity index (χ1n) is 3.09. The van der Waals surface area contributed by atoms with E-state index in [4.69, 9.17) is 32.8 Å². The van der Waals surface area contributed by atoms with E-state index in [2.05, 4.69) is 0 Å². The van der Waals surface area contributed by atoms with Crippen LogP contribution in [0.4, 0.5) is 0 Å². The molecule has 0 spiro atoms. The highest BCUT2D eigenvalue weighted by atomic mass is 35.5. The molecule has 0 aromatic rings. The van der Waals surface area contributed by atoms with Crippen molar-refractivity contribution in [3.8, 4) is 11.1 Å². The fraction of sp³-hybridized carbons (Fsp3) is 0. The molecule has 2 aliphatic rings. The van der Waals surface area contributed by atoms with Crippen molar-refractivity contribution in [3.63, 3.8) is 0 Å². The normalized spacial score (nSPS) is 9.50. The molecule has 0 atom stereocenters. The van der Waals surface area contributed by atoms with Gasteiger partial charge in [0.25, 0.3) is 0 Å². The zero-order valence-electron chi connectivity index (χ0n) is 5.88. The van der Waals surface area contributed by atoms with Crippen LogP contribution in [0.2, 0.25) is 10.0 Å². The summed E-state index contributed by atoms with van der Waals surface area (Å²) in [5.74, 6) is 0. The standard InChI is InChI=1S/C6H2Cl2.C2H2O2/c7-5-3-1-2-4(3)6(5)8;3-1-2-4/h1-2H;1-2H. The number of carbonyl (C=O) groups excluding carboxylic acids is 2. The SMILES string of the molecule is Clc1c2ccc-2c1Cl.O=CC=O. The predicted octanol–water partition coefficient (Wildman–Crippen LogP) is 2.36. The summed E-state index contributed by atoms with van der Waals surface area (Å²) in [6, 6.07) is 3.92. The van der Waals surface area contributed by atoms with Crippen LogP contribution in [0, 0.1) is 0 Å². The van der Waals surface area contributed by atoms with Crippen molar-refractivity contribution in [2.75, 3.05) is 0 Å². The molecule has 2 rings (SSSR count). The van der Waals surface area contributed by atoms with Crippen molar-refractivity contribution in [2.45, 2.75) is 0 Å². The summed E-state index contributed by atoms with van der Waals surface area (Å²) < 4.78 is 0. The van der Waals surface area contributed by atoms with Crippen molar-refractivity contribution in [3.05, 3.63) is 22.2 Å². The van der Waals surface area contributed by atoms with Crippen LogP contribution in [0.5, 0.6) is 0 Å². The smallest absolute Gasteiger partial charge is 0.182 e. The maximum absolute atomic E-state index is 8.81. The summed E-state index contributed by atoms with van der Waals surface area (Å²) in [4.78, 5) is 17.6. The molecule has 0 aromatic carbocycles. The Hall–Kier alpha value is -0.860. The van der Waals surface area contributed by atoms with Crippen LogP contribution in [-0.2, 0) is 9.59 Å². The number of rotatable bonds is 1. The van der Waals surface area contributed by atoms with E-state index < -0.39 is 0 Å². The number of hydrogen-bond acceptors (Lipinski definition) is 2. The maximum Gasteiger partial charge on any atom is 0.182 e. The Morgan fingerprint density at radius 3 is 1.33 bits per heavy atom. The third-order valence-electron chi connectivity index (χ3n) is 1.43. The van der Waals surface area contributed by atoms with Gasteiger partial charge in [-0.15, -0.1) is 0 Å². The lowest BCUT2D eigenvalue weighted by molar-refractivity contribution is -0.122. The highest BCUT2D eigenvalue weighted by molar-refractivity contribution is 6.49. The molecule has 0 aromatic heterocycles. The van der Waals surface area contributed by atoms with Gasteiger partial charge in [-0.1, -0.05) is 35.3 Å². The Balaban J connectivity index is 0.000000157. The molecule has 2 nitrogen and oxygen atoms in total. The van der Waals surface area contributed by atoms with Gasteiger partial charge in [-0.25, -0.2) is 0 Å². The quantitative estimate of drug-likeness (QED) is 0.526. The molecular weight excluding hydrogens is 199 g/mol. The van der Waals surface area contributed by atoms with E-state index in [0.29, 0.717) is 0 Å². The summed E-state index contributed by atoms with van der Waals surface area (Å²) in [5.41, 5.74) is 2.24. The third kappa shape index (κ3) is 1.36. The molecule has 12 heavy (non-hydrogen) atoms. The first-order valence-corrected chi connectivity index (χ1v) is 3.85. The van der Waals surface area contributed by atoms with Crippen LogP contribution >= 0.6 is 23.2 Å². The van der Waals surface area contributed by atoms with Gasteiger partial charge < -0.3 is 0 Å². The van der Waals surface area contributed by atoms with Gasteiger partial charge in [0.15, 0.2) is 12.6 Å². The minimum atomic E-state index is 0.194. The Morgan fingerprint density at radius 1 is 0.917 bits per heavy atom. The predicted molar refractivity (Wildman–Crippen MR) is 47.6 cm³/mol. The summed E-state index contributed by atoms with van der Waals surface area (Å²) in [7, 11) is 0. The first kappa shape index (κ1) is 9.23. The van der Waals surface area contributed by atoms with Gasteiger partial charge in [-0.2, -0.15) is 0 Å². The van der Waals surface area contributed by atoms with E-state index in [1.165, 1.54) is 0 Å². The van der Waals surface area contributed by atoms with Gasteiger partial charge in [0.2, 0.25) is 0 Å². The topological polar surface area (TPSA) is 34.1 Å². The summed E-state index contributed by atoms with van der Waals surface area (Å²) in [6.45, 7) is 0. The van der Waals surface area contributed by atoms with Gasteiger partial charge in [-0.3, -0.25) is 9.59 Å². The second-order valence-electron chi connectivity index (χ2n) is 2.06. The van der Waals surface area contributed by atoms with Crippen LogP contribution in [0.15, 0.2) is 12.1 Å². The Kier molecular flexibility index (Phi) is 2.84. The summed E-state index contributed by atoms with van der Waals surface area (Å²) in [6.07, 6.45) is 0.389. The average Bonchev–Trinajstić information content (AvgIpc) is 2.03. The van der Waals surface area contributed by atoms with Crippen LogP contribution in [0.3, 0.4) is 0 Å². The summed E-state index contributed by atoms with van der Waals surface area (Å²) in [5, 5.41) is 1.45. The fourth-order valence-corrected chi connectivity index (χ4v) is 1.34. The molecule has 4 heteroatoms. The number of halogens is 2. The van der Waals surface area contributed by atoms with Gasteiger partial charge in [0, 0.05) is 11.1 Å². The molecule has 2 aliphatic carbocycles. The molecule has 0 bridgehead atoms. The second-order valence-corrected chi connectivity index (χ2v) is 2.82.